The van der Waals surface area contributed by atoms with E-state index < -0.39 is 5.60 Å². The van der Waals surface area contributed by atoms with Crippen LogP contribution in [0.4, 0.5) is 5.82 Å². The van der Waals surface area contributed by atoms with Gasteiger partial charge in [-0.05, 0) is 32.4 Å². The van der Waals surface area contributed by atoms with Crippen molar-refractivity contribution in [2.75, 3.05) is 24.5 Å². The maximum Gasteiger partial charge on any atom is 0.224 e. The SMILES string of the molecule is Cc1noc(C)c1CC(=O)NCC1(O)CCN(c2ccccn2)C1. The third-order valence-corrected chi connectivity index (χ3v) is 4.44. The van der Waals surface area contributed by atoms with Gasteiger partial charge in [-0.2, -0.15) is 0 Å². The Hall–Kier alpha value is -2.41. The summed E-state index contributed by atoms with van der Waals surface area (Å²) in [6, 6.07) is 5.70. The maximum absolute atomic E-state index is 12.1. The molecule has 3 rings (SSSR count). The van der Waals surface area contributed by atoms with Crippen LogP contribution in [0.25, 0.3) is 0 Å². The zero-order valence-electron chi connectivity index (χ0n) is 14.0. The number of aryl methyl sites for hydroxylation is 2. The lowest BCUT2D eigenvalue weighted by Gasteiger charge is -2.24. The molecule has 1 aliphatic rings. The molecule has 1 amide bonds. The number of hydrogen-bond donors (Lipinski definition) is 2. The summed E-state index contributed by atoms with van der Waals surface area (Å²) in [4.78, 5) is 18.5. The number of carbonyl (C=O) groups excluding carboxylic acids is 1. The second-order valence-electron chi connectivity index (χ2n) is 6.34. The average molecular weight is 330 g/mol. The molecular weight excluding hydrogens is 308 g/mol. The zero-order chi connectivity index (χ0) is 17.2. The largest absolute Gasteiger partial charge is 0.386 e. The number of amides is 1. The molecule has 1 unspecified atom stereocenters. The van der Waals surface area contributed by atoms with Crippen molar-refractivity contribution in [3.8, 4) is 0 Å². The summed E-state index contributed by atoms with van der Waals surface area (Å²) >= 11 is 0. The Bertz CT molecular complexity index is 696. The molecule has 2 aromatic rings. The Morgan fingerprint density at radius 1 is 1.46 bits per heavy atom. The number of aliphatic hydroxyl groups is 1. The molecule has 7 nitrogen and oxygen atoms in total. The van der Waals surface area contributed by atoms with Crippen molar-refractivity contribution in [3.05, 3.63) is 41.4 Å². The molecular formula is C17H22N4O3. The molecule has 1 fully saturated rings. The van der Waals surface area contributed by atoms with Gasteiger partial charge in [0.25, 0.3) is 0 Å². The van der Waals surface area contributed by atoms with Crippen molar-refractivity contribution >= 4 is 11.7 Å². The number of nitrogens with one attached hydrogen (secondary N) is 1. The second-order valence-corrected chi connectivity index (χ2v) is 6.34. The van der Waals surface area contributed by atoms with Gasteiger partial charge >= 0.3 is 0 Å². The Morgan fingerprint density at radius 2 is 2.29 bits per heavy atom. The summed E-state index contributed by atoms with van der Waals surface area (Å²) in [7, 11) is 0. The van der Waals surface area contributed by atoms with Crippen LogP contribution < -0.4 is 10.2 Å². The summed E-state index contributed by atoms with van der Waals surface area (Å²) in [5, 5.41) is 17.4. The summed E-state index contributed by atoms with van der Waals surface area (Å²) in [6.45, 7) is 4.99. The van der Waals surface area contributed by atoms with Crippen LogP contribution in [0.15, 0.2) is 28.9 Å². The summed E-state index contributed by atoms with van der Waals surface area (Å²) < 4.78 is 5.06. The van der Waals surface area contributed by atoms with Crippen molar-refractivity contribution in [1.82, 2.24) is 15.5 Å². The van der Waals surface area contributed by atoms with Crippen LogP contribution in [0.2, 0.25) is 0 Å². The van der Waals surface area contributed by atoms with Gasteiger partial charge in [-0.1, -0.05) is 11.2 Å². The summed E-state index contributed by atoms with van der Waals surface area (Å²) in [6.07, 6.45) is 2.54. The van der Waals surface area contributed by atoms with E-state index in [0.717, 1.165) is 17.1 Å². The highest BCUT2D eigenvalue weighted by Crippen LogP contribution is 2.24. The first-order chi connectivity index (χ1) is 11.5. The summed E-state index contributed by atoms with van der Waals surface area (Å²) in [5.41, 5.74) is 0.593. The Labute approximate surface area is 140 Å². The number of aromatic nitrogens is 2. The highest BCUT2D eigenvalue weighted by atomic mass is 16.5. The highest BCUT2D eigenvalue weighted by molar-refractivity contribution is 5.79. The van der Waals surface area contributed by atoms with Gasteiger partial charge in [0.1, 0.15) is 17.2 Å². The van der Waals surface area contributed by atoms with E-state index in [4.69, 9.17) is 4.52 Å². The summed E-state index contributed by atoms with van der Waals surface area (Å²) in [5.74, 6) is 1.35. The first-order valence-corrected chi connectivity index (χ1v) is 8.04. The van der Waals surface area contributed by atoms with Crippen molar-refractivity contribution < 1.29 is 14.4 Å². The number of rotatable bonds is 5. The highest BCUT2D eigenvalue weighted by Gasteiger charge is 2.36. The van der Waals surface area contributed by atoms with Gasteiger partial charge in [0.15, 0.2) is 0 Å². The minimum Gasteiger partial charge on any atom is -0.386 e. The third kappa shape index (κ3) is 3.56. The monoisotopic (exact) mass is 330 g/mol. The number of nitrogens with zero attached hydrogens (tertiary/aromatic N) is 3. The number of β-amino-alcohol motifs (C(OH)–C–C–N with tert-alkyl or cyclic N) is 1. The lowest BCUT2D eigenvalue weighted by molar-refractivity contribution is -0.121. The topological polar surface area (TPSA) is 91.5 Å². The van der Waals surface area contributed by atoms with E-state index in [1.807, 2.05) is 30.0 Å². The van der Waals surface area contributed by atoms with E-state index in [1.54, 1.807) is 13.1 Å². The van der Waals surface area contributed by atoms with E-state index in [9.17, 15) is 9.90 Å². The smallest absolute Gasteiger partial charge is 0.224 e. The first kappa shape index (κ1) is 16.4. The minimum atomic E-state index is -0.939. The molecule has 1 atom stereocenters. The molecule has 2 aromatic heterocycles. The van der Waals surface area contributed by atoms with Crippen molar-refractivity contribution in [2.45, 2.75) is 32.3 Å². The predicted molar refractivity (Wildman–Crippen MR) is 88.7 cm³/mol. The van der Waals surface area contributed by atoms with E-state index in [-0.39, 0.29) is 18.9 Å². The Kier molecular flexibility index (Phi) is 4.53. The number of anilines is 1. The molecule has 24 heavy (non-hydrogen) atoms. The fraction of sp³-hybridized carbons (Fsp3) is 0.471. The molecule has 0 spiro atoms. The van der Waals surface area contributed by atoms with Crippen LogP contribution in [-0.4, -0.2) is 46.4 Å². The standard InChI is InChI=1S/C17H22N4O3/c1-12-14(13(2)24-20-12)9-16(22)19-10-17(23)6-8-21(11-17)15-5-3-4-7-18-15/h3-5,7,23H,6,8-11H2,1-2H3,(H,19,22). The van der Waals surface area contributed by atoms with Crippen LogP contribution in [0, 0.1) is 13.8 Å². The number of hydrogen-bond acceptors (Lipinski definition) is 6. The molecule has 0 aliphatic carbocycles. The van der Waals surface area contributed by atoms with Crippen LogP contribution in [0.3, 0.4) is 0 Å². The molecule has 0 radical (unpaired) electrons. The lowest BCUT2D eigenvalue weighted by atomic mass is 10.0. The minimum absolute atomic E-state index is 0.144. The van der Waals surface area contributed by atoms with Crippen molar-refractivity contribution in [1.29, 1.82) is 0 Å². The van der Waals surface area contributed by atoms with Gasteiger partial charge in [0, 0.05) is 31.4 Å². The van der Waals surface area contributed by atoms with Crippen molar-refractivity contribution in [2.24, 2.45) is 0 Å². The van der Waals surface area contributed by atoms with Gasteiger partial charge < -0.3 is 19.8 Å². The number of pyridine rings is 1. The van der Waals surface area contributed by atoms with E-state index in [2.05, 4.69) is 15.5 Å². The fourth-order valence-electron chi connectivity index (χ4n) is 2.98. The first-order valence-electron chi connectivity index (χ1n) is 8.04. The second kappa shape index (κ2) is 6.60. The molecule has 2 N–H and O–H groups in total. The van der Waals surface area contributed by atoms with Gasteiger partial charge in [-0.15, -0.1) is 0 Å². The Balaban J connectivity index is 1.54. The maximum atomic E-state index is 12.1. The quantitative estimate of drug-likeness (QED) is 0.849. The molecule has 128 valence electrons. The molecule has 0 saturated carbocycles. The number of carbonyl (C=O) groups is 1. The molecule has 3 heterocycles. The van der Waals surface area contributed by atoms with E-state index in [1.165, 1.54) is 0 Å². The third-order valence-electron chi connectivity index (χ3n) is 4.44. The van der Waals surface area contributed by atoms with Gasteiger partial charge in [0.05, 0.1) is 12.1 Å². The molecule has 7 heteroatoms. The normalized spacial score (nSPS) is 20.4. The van der Waals surface area contributed by atoms with Gasteiger partial charge in [-0.3, -0.25) is 4.79 Å². The lowest BCUT2D eigenvalue weighted by Crippen LogP contribution is -2.45. The van der Waals surface area contributed by atoms with Gasteiger partial charge in [0.2, 0.25) is 5.91 Å². The van der Waals surface area contributed by atoms with Crippen LogP contribution >= 0.6 is 0 Å². The molecule has 0 aromatic carbocycles. The van der Waals surface area contributed by atoms with Crippen molar-refractivity contribution in [3.63, 3.8) is 0 Å². The van der Waals surface area contributed by atoms with Crippen LogP contribution in [-0.2, 0) is 11.2 Å². The van der Waals surface area contributed by atoms with Crippen LogP contribution in [0.1, 0.15) is 23.4 Å². The zero-order valence-corrected chi connectivity index (χ0v) is 14.0. The Morgan fingerprint density at radius 3 is 2.96 bits per heavy atom. The van der Waals surface area contributed by atoms with E-state index in [0.29, 0.717) is 25.3 Å². The molecule has 0 bridgehead atoms. The van der Waals surface area contributed by atoms with E-state index >= 15 is 0 Å². The fourth-order valence-corrected chi connectivity index (χ4v) is 2.98. The molecule has 1 aliphatic heterocycles. The van der Waals surface area contributed by atoms with Crippen LogP contribution in [0.5, 0.6) is 0 Å². The predicted octanol–water partition coefficient (Wildman–Crippen LogP) is 0.987. The average Bonchev–Trinajstić information content (AvgIpc) is 3.12. The molecule has 1 saturated heterocycles. The van der Waals surface area contributed by atoms with Gasteiger partial charge in [-0.25, -0.2) is 4.98 Å².